The Hall–Kier alpha value is -2.24. The standard InChI is InChI=1S/C11H14N2O4/c1-6(11(15)16-2)17-9-4-3-7(12)5-8(9)10(13)14/h3-6H,12H2,1-2H3,(H2,13,14). The molecule has 6 nitrogen and oxygen atoms in total. The van der Waals surface area contributed by atoms with E-state index in [9.17, 15) is 9.59 Å². The van der Waals surface area contributed by atoms with Crippen LogP contribution in [0.3, 0.4) is 0 Å². The molecule has 0 bridgehead atoms. The van der Waals surface area contributed by atoms with E-state index >= 15 is 0 Å². The molecule has 1 aromatic carbocycles. The molecule has 1 unspecified atom stereocenters. The highest BCUT2D eigenvalue weighted by Gasteiger charge is 2.18. The minimum atomic E-state index is -0.832. The first-order valence-corrected chi connectivity index (χ1v) is 4.89. The molecule has 1 aromatic rings. The van der Waals surface area contributed by atoms with Crippen molar-refractivity contribution in [3.05, 3.63) is 23.8 Å². The molecular formula is C11H14N2O4. The van der Waals surface area contributed by atoms with E-state index in [-0.39, 0.29) is 11.3 Å². The molecule has 0 saturated carbocycles. The monoisotopic (exact) mass is 238 g/mol. The third-order valence-electron chi connectivity index (χ3n) is 2.11. The Balaban J connectivity index is 2.98. The van der Waals surface area contributed by atoms with Gasteiger partial charge in [0.2, 0.25) is 0 Å². The molecule has 0 aromatic heterocycles. The number of rotatable bonds is 4. The van der Waals surface area contributed by atoms with Crippen molar-refractivity contribution in [3.8, 4) is 5.75 Å². The Bertz CT molecular complexity index is 445. The van der Waals surface area contributed by atoms with E-state index in [1.165, 1.54) is 26.2 Å². The average Bonchev–Trinajstić information content (AvgIpc) is 2.29. The normalized spacial score (nSPS) is 11.6. The second-order valence-corrected chi connectivity index (χ2v) is 3.40. The molecule has 0 aliphatic carbocycles. The van der Waals surface area contributed by atoms with Crippen LogP contribution in [-0.2, 0) is 9.53 Å². The van der Waals surface area contributed by atoms with Crippen LogP contribution in [0.15, 0.2) is 18.2 Å². The van der Waals surface area contributed by atoms with Crippen LogP contribution in [0.25, 0.3) is 0 Å². The lowest BCUT2D eigenvalue weighted by atomic mass is 10.1. The average molecular weight is 238 g/mol. The Kier molecular flexibility index (Phi) is 3.92. The molecule has 4 N–H and O–H groups in total. The van der Waals surface area contributed by atoms with Crippen LogP contribution >= 0.6 is 0 Å². The predicted molar refractivity (Wildman–Crippen MR) is 61.5 cm³/mol. The van der Waals surface area contributed by atoms with Gasteiger partial charge in [-0.05, 0) is 25.1 Å². The zero-order chi connectivity index (χ0) is 13.0. The van der Waals surface area contributed by atoms with Crippen LogP contribution in [0.1, 0.15) is 17.3 Å². The van der Waals surface area contributed by atoms with Crippen LogP contribution in [-0.4, -0.2) is 25.1 Å². The smallest absolute Gasteiger partial charge is 0.346 e. The Morgan fingerprint density at radius 2 is 2.00 bits per heavy atom. The number of hydrogen-bond acceptors (Lipinski definition) is 5. The van der Waals surface area contributed by atoms with Crippen molar-refractivity contribution in [2.24, 2.45) is 5.73 Å². The number of carbonyl (C=O) groups is 2. The molecule has 1 rings (SSSR count). The lowest BCUT2D eigenvalue weighted by molar-refractivity contribution is -0.147. The summed E-state index contributed by atoms with van der Waals surface area (Å²) in [5, 5.41) is 0. The van der Waals surface area contributed by atoms with E-state index < -0.39 is 18.0 Å². The minimum Gasteiger partial charge on any atom is -0.478 e. The molecule has 0 radical (unpaired) electrons. The van der Waals surface area contributed by atoms with E-state index in [4.69, 9.17) is 16.2 Å². The molecule has 6 heteroatoms. The molecule has 17 heavy (non-hydrogen) atoms. The number of benzene rings is 1. The van der Waals surface area contributed by atoms with Crippen LogP contribution in [0.2, 0.25) is 0 Å². The van der Waals surface area contributed by atoms with Gasteiger partial charge in [-0.25, -0.2) is 4.79 Å². The van der Waals surface area contributed by atoms with Gasteiger partial charge >= 0.3 is 5.97 Å². The number of nitrogens with two attached hydrogens (primary N) is 2. The first-order valence-electron chi connectivity index (χ1n) is 4.89. The van der Waals surface area contributed by atoms with Crippen molar-refractivity contribution in [1.29, 1.82) is 0 Å². The van der Waals surface area contributed by atoms with Crippen LogP contribution in [0.4, 0.5) is 5.69 Å². The van der Waals surface area contributed by atoms with Crippen molar-refractivity contribution in [2.45, 2.75) is 13.0 Å². The fraction of sp³-hybridized carbons (Fsp3) is 0.273. The fourth-order valence-electron chi connectivity index (χ4n) is 1.25. The zero-order valence-electron chi connectivity index (χ0n) is 9.60. The SMILES string of the molecule is COC(=O)C(C)Oc1ccc(N)cc1C(N)=O. The summed E-state index contributed by atoms with van der Waals surface area (Å²) in [6.45, 7) is 1.51. The van der Waals surface area contributed by atoms with Gasteiger partial charge in [0.05, 0.1) is 12.7 Å². The summed E-state index contributed by atoms with van der Waals surface area (Å²) in [4.78, 5) is 22.3. The van der Waals surface area contributed by atoms with E-state index in [1.807, 2.05) is 0 Å². The molecule has 92 valence electrons. The van der Waals surface area contributed by atoms with Gasteiger partial charge in [-0.15, -0.1) is 0 Å². The molecular weight excluding hydrogens is 224 g/mol. The summed E-state index contributed by atoms with van der Waals surface area (Å²) in [7, 11) is 1.25. The van der Waals surface area contributed by atoms with Crippen molar-refractivity contribution in [1.82, 2.24) is 0 Å². The maximum Gasteiger partial charge on any atom is 0.346 e. The van der Waals surface area contributed by atoms with Crippen LogP contribution in [0.5, 0.6) is 5.75 Å². The summed E-state index contributed by atoms with van der Waals surface area (Å²) in [5.41, 5.74) is 11.2. The van der Waals surface area contributed by atoms with Crippen molar-refractivity contribution in [2.75, 3.05) is 12.8 Å². The van der Waals surface area contributed by atoms with Crippen molar-refractivity contribution < 1.29 is 19.1 Å². The van der Waals surface area contributed by atoms with Gasteiger partial charge in [-0.2, -0.15) is 0 Å². The number of esters is 1. The van der Waals surface area contributed by atoms with Crippen LogP contribution in [0, 0.1) is 0 Å². The summed E-state index contributed by atoms with van der Waals surface area (Å²) in [6.07, 6.45) is -0.832. The minimum absolute atomic E-state index is 0.126. The van der Waals surface area contributed by atoms with Gasteiger partial charge in [-0.1, -0.05) is 0 Å². The Morgan fingerprint density at radius 1 is 1.35 bits per heavy atom. The van der Waals surface area contributed by atoms with Gasteiger partial charge in [0, 0.05) is 5.69 Å². The van der Waals surface area contributed by atoms with Crippen molar-refractivity contribution >= 4 is 17.6 Å². The second kappa shape index (κ2) is 5.20. The van der Waals surface area contributed by atoms with Gasteiger partial charge < -0.3 is 20.9 Å². The molecule has 0 fully saturated rings. The van der Waals surface area contributed by atoms with E-state index in [0.717, 1.165) is 0 Å². The summed E-state index contributed by atoms with van der Waals surface area (Å²) < 4.78 is 9.79. The number of primary amides is 1. The Labute approximate surface area is 98.5 Å². The molecule has 0 saturated heterocycles. The number of hydrogen-bond donors (Lipinski definition) is 2. The predicted octanol–water partition coefficient (Wildman–Crippen LogP) is 0.308. The first kappa shape index (κ1) is 12.8. The number of nitrogen functional groups attached to an aromatic ring is 1. The number of anilines is 1. The highest BCUT2D eigenvalue weighted by molar-refractivity contribution is 5.96. The van der Waals surface area contributed by atoms with E-state index in [1.54, 1.807) is 6.07 Å². The molecule has 0 aliphatic heterocycles. The molecule has 1 amide bonds. The number of amides is 1. The molecule has 1 atom stereocenters. The highest BCUT2D eigenvalue weighted by atomic mass is 16.6. The van der Waals surface area contributed by atoms with E-state index in [0.29, 0.717) is 5.69 Å². The third kappa shape index (κ3) is 3.10. The number of carbonyl (C=O) groups excluding carboxylic acids is 2. The fourth-order valence-corrected chi connectivity index (χ4v) is 1.25. The highest BCUT2D eigenvalue weighted by Crippen LogP contribution is 2.22. The Morgan fingerprint density at radius 3 is 2.53 bits per heavy atom. The molecule has 0 spiro atoms. The first-order chi connectivity index (χ1) is 7.95. The summed E-state index contributed by atoms with van der Waals surface area (Å²) >= 11 is 0. The van der Waals surface area contributed by atoms with Gasteiger partial charge in [0.1, 0.15) is 5.75 Å². The van der Waals surface area contributed by atoms with E-state index in [2.05, 4.69) is 4.74 Å². The topological polar surface area (TPSA) is 105 Å². The second-order valence-electron chi connectivity index (χ2n) is 3.40. The quantitative estimate of drug-likeness (QED) is 0.580. The van der Waals surface area contributed by atoms with Crippen molar-refractivity contribution in [3.63, 3.8) is 0 Å². The molecule has 0 aliphatic rings. The lowest BCUT2D eigenvalue weighted by Gasteiger charge is -2.14. The maximum absolute atomic E-state index is 11.2. The lowest BCUT2D eigenvalue weighted by Crippen LogP contribution is -2.26. The summed E-state index contributed by atoms with van der Waals surface area (Å²) in [5.74, 6) is -1.02. The van der Waals surface area contributed by atoms with Gasteiger partial charge in [-0.3, -0.25) is 4.79 Å². The van der Waals surface area contributed by atoms with Crippen LogP contribution < -0.4 is 16.2 Å². The molecule has 0 heterocycles. The largest absolute Gasteiger partial charge is 0.478 e. The van der Waals surface area contributed by atoms with Gasteiger partial charge in [0.25, 0.3) is 5.91 Å². The third-order valence-corrected chi connectivity index (χ3v) is 2.11. The number of ether oxygens (including phenoxy) is 2. The maximum atomic E-state index is 11.2. The van der Waals surface area contributed by atoms with Gasteiger partial charge in [0.15, 0.2) is 6.10 Å². The summed E-state index contributed by atoms with van der Waals surface area (Å²) in [6, 6.07) is 4.42. The number of methoxy groups -OCH3 is 1. The zero-order valence-corrected chi connectivity index (χ0v) is 9.60.